The lowest BCUT2D eigenvalue weighted by molar-refractivity contribution is -0.131. The van der Waals surface area contributed by atoms with Crippen LogP contribution in [0.5, 0.6) is 0 Å². The molecule has 0 spiro atoms. The fourth-order valence-corrected chi connectivity index (χ4v) is 4.71. The molecule has 1 aromatic heterocycles. The summed E-state index contributed by atoms with van der Waals surface area (Å²) in [7, 11) is 0. The first-order valence-corrected chi connectivity index (χ1v) is 10.8. The second-order valence-corrected chi connectivity index (χ2v) is 8.16. The summed E-state index contributed by atoms with van der Waals surface area (Å²) in [5.74, 6) is -0.810. The molecule has 4 rings (SSSR count). The molecule has 0 aliphatic carbocycles. The third kappa shape index (κ3) is 3.80. The Balaban J connectivity index is 1.62. The van der Waals surface area contributed by atoms with Gasteiger partial charge < -0.3 is 14.4 Å². The molecular formula is C23H29N3O3. The third-order valence-electron chi connectivity index (χ3n) is 6.35. The van der Waals surface area contributed by atoms with Gasteiger partial charge in [0.25, 0.3) is 11.7 Å². The number of carbonyl (C=O) groups excluding carboxylic acids is 3. The van der Waals surface area contributed by atoms with Crippen molar-refractivity contribution < 1.29 is 14.4 Å². The van der Waals surface area contributed by atoms with Crippen LogP contribution in [0.15, 0.2) is 30.5 Å². The van der Waals surface area contributed by atoms with Crippen molar-refractivity contribution in [1.29, 1.82) is 0 Å². The van der Waals surface area contributed by atoms with E-state index in [-0.39, 0.29) is 18.5 Å². The van der Waals surface area contributed by atoms with Crippen LogP contribution in [0, 0.1) is 0 Å². The van der Waals surface area contributed by atoms with E-state index >= 15 is 0 Å². The van der Waals surface area contributed by atoms with Crippen LogP contribution >= 0.6 is 0 Å². The Labute approximate surface area is 171 Å². The van der Waals surface area contributed by atoms with Crippen LogP contribution in [-0.4, -0.2) is 57.6 Å². The number of aromatic nitrogens is 1. The molecule has 154 valence electrons. The summed E-state index contributed by atoms with van der Waals surface area (Å²) in [4.78, 5) is 42.5. The number of rotatable bonds is 5. The Morgan fingerprint density at radius 2 is 1.72 bits per heavy atom. The predicted octanol–water partition coefficient (Wildman–Crippen LogP) is 3.24. The van der Waals surface area contributed by atoms with Crippen LogP contribution in [0.1, 0.15) is 55.8 Å². The van der Waals surface area contributed by atoms with E-state index in [1.807, 2.05) is 33.7 Å². The first-order valence-electron chi connectivity index (χ1n) is 10.8. The normalized spacial score (nSPS) is 19.7. The average Bonchev–Trinajstić information content (AvgIpc) is 3.41. The van der Waals surface area contributed by atoms with Gasteiger partial charge in [0.1, 0.15) is 6.54 Å². The highest BCUT2D eigenvalue weighted by atomic mass is 16.2. The van der Waals surface area contributed by atoms with Gasteiger partial charge in [0, 0.05) is 42.8 Å². The molecule has 2 aliphatic heterocycles. The first kappa shape index (κ1) is 19.7. The number of likely N-dealkylation sites (tertiary alicyclic amines) is 2. The molecule has 6 heteroatoms. The monoisotopic (exact) mass is 395 g/mol. The van der Waals surface area contributed by atoms with Crippen LogP contribution in [0.3, 0.4) is 0 Å². The molecular weight excluding hydrogens is 366 g/mol. The number of hydrogen-bond donors (Lipinski definition) is 0. The van der Waals surface area contributed by atoms with Crippen LogP contribution in [0.25, 0.3) is 10.9 Å². The van der Waals surface area contributed by atoms with Gasteiger partial charge in [-0.2, -0.15) is 0 Å². The highest BCUT2D eigenvalue weighted by Crippen LogP contribution is 2.25. The molecule has 0 unspecified atom stereocenters. The molecule has 1 aromatic carbocycles. The van der Waals surface area contributed by atoms with Gasteiger partial charge in [0.05, 0.1) is 5.56 Å². The summed E-state index contributed by atoms with van der Waals surface area (Å²) in [6, 6.07) is 7.67. The summed E-state index contributed by atoms with van der Waals surface area (Å²) in [6.07, 6.45) is 7.67. The van der Waals surface area contributed by atoms with Crippen molar-refractivity contribution >= 4 is 28.5 Å². The van der Waals surface area contributed by atoms with Crippen LogP contribution in [0.2, 0.25) is 0 Å². The maximum Gasteiger partial charge on any atom is 0.295 e. The molecule has 0 bridgehead atoms. The highest BCUT2D eigenvalue weighted by molar-refractivity contribution is 6.45. The minimum Gasteiger partial charge on any atom is -0.341 e. The van der Waals surface area contributed by atoms with Crippen molar-refractivity contribution in [1.82, 2.24) is 14.4 Å². The van der Waals surface area contributed by atoms with Crippen molar-refractivity contribution in [3.05, 3.63) is 36.0 Å². The molecule has 2 aliphatic rings. The Morgan fingerprint density at radius 3 is 2.48 bits per heavy atom. The molecule has 29 heavy (non-hydrogen) atoms. The van der Waals surface area contributed by atoms with E-state index < -0.39 is 11.7 Å². The van der Waals surface area contributed by atoms with Crippen LogP contribution in [0.4, 0.5) is 0 Å². The summed E-state index contributed by atoms with van der Waals surface area (Å²) in [5, 5.41) is 0.741. The zero-order valence-electron chi connectivity index (χ0n) is 17.1. The lowest BCUT2D eigenvalue weighted by Gasteiger charge is -2.34. The zero-order chi connectivity index (χ0) is 20.4. The van der Waals surface area contributed by atoms with Crippen molar-refractivity contribution in [3.8, 4) is 0 Å². The number of ketones is 1. The number of piperidine rings is 1. The fourth-order valence-electron chi connectivity index (χ4n) is 4.71. The Morgan fingerprint density at radius 1 is 1.00 bits per heavy atom. The molecule has 0 saturated carbocycles. The van der Waals surface area contributed by atoms with Crippen LogP contribution in [-0.2, 0) is 16.1 Å². The van der Waals surface area contributed by atoms with Crippen molar-refractivity contribution in [2.75, 3.05) is 19.6 Å². The predicted molar refractivity (Wildman–Crippen MR) is 112 cm³/mol. The second kappa shape index (κ2) is 8.39. The molecule has 2 amide bonds. The van der Waals surface area contributed by atoms with Gasteiger partial charge in [-0.3, -0.25) is 14.4 Å². The molecule has 2 fully saturated rings. The lowest BCUT2D eigenvalue weighted by Crippen LogP contribution is -2.46. The maximum absolute atomic E-state index is 13.2. The van der Waals surface area contributed by atoms with E-state index in [4.69, 9.17) is 0 Å². The maximum atomic E-state index is 13.2. The van der Waals surface area contributed by atoms with E-state index in [0.717, 1.165) is 62.5 Å². The van der Waals surface area contributed by atoms with E-state index in [2.05, 4.69) is 6.92 Å². The number of nitrogens with zero attached hydrogens (tertiary/aromatic N) is 3. The molecule has 2 saturated heterocycles. The number of benzene rings is 1. The number of carbonyl (C=O) groups is 3. The number of hydrogen-bond acceptors (Lipinski definition) is 3. The van der Waals surface area contributed by atoms with Crippen molar-refractivity contribution in [2.24, 2.45) is 0 Å². The average molecular weight is 396 g/mol. The summed E-state index contributed by atoms with van der Waals surface area (Å²) >= 11 is 0. The third-order valence-corrected chi connectivity index (χ3v) is 6.35. The smallest absolute Gasteiger partial charge is 0.295 e. The van der Waals surface area contributed by atoms with Gasteiger partial charge in [-0.1, -0.05) is 25.1 Å². The molecule has 0 radical (unpaired) electrons. The Kier molecular flexibility index (Phi) is 5.69. The summed E-state index contributed by atoms with van der Waals surface area (Å²) < 4.78 is 1.82. The quantitative estimate of drug-likeness (QED) is 0.577. The van der Waals surface area contributed by atoms with Crippen LogP contribution < -0.4 is 0 Å². The van der Waals surface area contributed by atoms with Gasteiger partial charge in [-0.25, -0.2) is 0 Å². The molecule has 2 aromatic rings. The highest BCUT2D eigenvalue weighted by Gasteiger charge is 2.32. The SMILES string of the molecule is CC[C@@H]1CCCCN1C(=O)C(=O)c1cn(CC(=O)N2CCCC2)c2ccccc12. The van der Waals surface area contributed by atoms with Gasteiger partial charge in [0.15, 0.2) is 0 Å². The van der Waals surface area contributed by atoms with Gasteiger partial charge in [0.2, 0.25) is 5.91 Å². The Hall–Kier alpha value is -2.63. The summed E-state index contributed by atoms with van der Waals surface area (Å²) in [5.41, 5.74) is 1.22. The van der Waals surface area contributed by atoms with E-state index in [0.29, 0.717) is 12.1 Å². The number of para-hydroxylation sites is 1. The molecule has 6 nitrogen and oxygen atoms in total. The lowest BCUT2D eigenvalue weighted by atomic mass is 9.98. The zero-order valence-corrected chi connectivity index (χ0v) is 17.1. The summed E-state index contributed by atoms with van der Waals surface area (Å²) in [6.45, 7) is 4.51. The molecule has 1 atom stereocenters. The standard InChI is InChI=1S/C23H29N3O3/c1-2-17-9-5-6-14-26(17)23(29)22(28)19-15-25(20-11-4-3-10-18(19)20)16-21(27)24-12-7-8-13-24/h3-4,10-11,15,17H,2,5-9,12-14,16H2,1H3/t17-/m1/s1. The van der Waals surface area contributed by atoms with Crippen molar-refractivity contribution in [3.63, 3.8) is 0 Å². The number of Topliss-reactive ketones (excluding diaryl/α,β-unsaturated/α-hetero) is 1. The fraction of sp³-hybridized carbons (Fsp3) is 0.522. The topological polar surface area (TPSA) is 62.6 Å². The van der Waals surface area contributed by atoms with Gasteiger partial charge >= 0.3 is 0 Å². The van der Waals surface area contributed by atoms with E-state index in [1.165, 1.54) is 0 Å². The Bertz CT molecular complexity index is 927. The van der Waals surface area contributed by atoms with Gasteiger partial charge in [-0.15, -0.1) is 0 Å². The van der Waals surface area contributed by atoms with Gasteiger partial charge in [-0.05, 0) is 44.6 Å². The number of amides is 2. The largest absolute Gasteiger partial charge is 0.341 e. The minimum absolute atomic E-state index is 0.0654. The minimum atomic E-state index is -0.464. The van der Waals surface area contributed by atoms with E-state index in [1.54, 1.807) is 11.1 Å². The molecule has 0 N–H and O–H groups in total. The molecule has 3 heterocycles. The first-order chi connectivity index (χ1) is 14.1. The van der Waals surface area contributed by atoms with Crippen molar-refractivity contribution in [2.45, 2.75) is 58.0 Å². The second-order valence-electron chi connectivity index (χ2n) is 8.16. The number of fused-ring (bicyclic) bond motifs is 1. The van der Waals surface area contributed by atoms with E-state index in [9.17, 15) is 14.4 Å².